The average molecular weight is 371 g/mol. The molecule has 0 aliphatic carbocycles. The SMILES string of the molecule is C[C@@H]1CCCN1CCCOc1ccc(-n2cc(C(=O)CCCO)cn2)cc1. The predicted molar refractivity (Wildman–Crippen MR) is 105 cm³/mol. The molecular formula is C21H29N3O3. The van der Waals surface area contributed by atoms with Crippen LogP contribution in [0.15, 0.2) is 36.7 Å². The summed E-state index contributed by atoms with van der Waals surface area (Å²) in [4.78, 5) is 14.5. The van der Waals surface area contributed by atoms with Gasteiger partial charge in [0.25, 0.3) is 0 Å². The summed E-state index contributed by atoms with van der Waals surface area (Å²) in [6.45, 7) is 5.35. The van der Waals surface area contributed by atoms with E-state index in [0.29, 0.717) is 31.1 Å². The summed E-state index contributed by atoms with van der Waals surface area (Å²) in [6.07, 6.45) is 7.77. The normalized spacial score (nSPS) is 17.3. The molecule has 1 saturated heterocycles. The number of hydrogen-bond donors (Lipinski definition) is 1. The number of aliphatic hydroxyl groups is 1. The first-order valence-electron chi connectivity index (χ1n) is 9.83. The highest BCUT2D eigenvalue weighted by Crippen LogP contribution is 2.18. The molecule has 0 amide bonds. The summed E-state index contributed by atoms with van der Waals surface area (Å²) < 4.78 is 7.53. The highest BCUT2D eigenvalue weighted by molar-refractivity contribution is 5.95. The van der Waals surface area contributed by atoms with E-state index in [1.807, 2.05) is 24.3 Å². The van der Waals surface area contributed by atoms with E-state index < -0.39 is 0 Å². The van der Waals surface area contributed by atoms with Crippen molar-refractivity contribution in [2.75, 3.05) is 26.3 Å². The lowest BCUT2D eigenvalue weighted by Gasteiger charge is -2.20. The summed E-state index contributed by atoms with van der Waals surface area (Å²) >= 11 is 0. The quantitative estimate of drug-likeness (QED) is 0.513. The fourth-order valence-corrected chi connectivity index (χ4v) is 3.47. The zero-order chi connectivity index (χ0) is 19.1. The Bertz CT molecular complexity index is 727. The molecule has 3 rings (SSSR count). The predicted octanol–water partition coefficient (Wildman–Crippen LogP) is 3.08. The molecule has 2 heterocycles. The molecule has 146 valence electrons. The average Bonchev–Trinajstić information content (AvgIpc) is 3.33. The smallest absolute Gasteiger partial charge is 0.166 e. The maximum Gasteiger partial charge on any atom is 0.166 e. The lowest BCUT2D eigenvalue weighted by molar-refractivity contribution is 0.0971. The molecule has 1 aliphatic heterocycles. The Morgan fingerprint density at radius 1 is 1.30 bits per heavy atom. The van der Waals surface area contributed by atoms with E-state index >= 15 is 0 Å². The van der Waals surface area contributed by atoms with Gasteiger partial charge in [-0.3, -0.25) is 4.79 Å². The number of Topliss-reactive ketones (excluding diaryl/α,β-unsaturated/α-hetero) is 1. The highest BCUT2D eigenvalue weighted by Gasteiger charge is 2.19. The molecule has 1 atom stereocenters. The van der Waals surface area contributed by atoms with Crippen LogP contribution in [0.1, 0.15) is 49.4 Å². The van der Waals surface area contributed by atoms with Crippen molar-refractivity contribution in [2.45, 2.75) is 45.1 Å². The first kappa shape index (κ1) is 19.6. The van der Waals surface area contributed by atoms with Crippen LogP contribution in [0.4, 0.5) is 0 Å². The van der Waals surface area contributed by atoms with E-state index in [9.17, 15) is 4.79 Å². The summed E-state index contributed by atoms with van der Waals surface area (Å²) in [5.74, 6) is 0.849. The minimum atomic E-state index is 0.00238. The van der Waals surface area contributed by atoms with E-state index in [1.54, 1.807) is 17.1 Å². The molecular weight excluding hydrogens is 342 g/mol. The number of aliphatic hydroxyl groups excluding tert-OH is 1. The van der Waals surface area contributed by atoms with E-state index in [4.69, 9.17) is 9.84 Å². The molecule has 1 aliphatic rings. The van der Waals surface area contributed by atoms with Gasteiger partial charge in [0.05, 0.1) is 24.1 Å². The molecule has 0 bridgehead atoms. The van der Waals surface area contributed by atoms with Crippen molar-refractivity contribution in [1.82, 2.24) is 14.7 Å². The Hall–Kier alpha value is -2.18. The fourth-order valence-electron chi connectivity index (χ4n) is 3.47. The van der Waals surface area contributed by atoms with E-state index in [2.05, 4.69) is 16.9 Å². The first-order chi connectivity index (χ1) is 13.2. The third-order valence-electron chi connectivity index (χ3n) is 5.12. The maximum absolute atomic E-state index is 12.0. The Morgan fingerprint density at radius 2 is 2.11 bits per heavy atom. The minimum Gasteiger partial charge on any atom is -0.494 e. The van der Waals surface area contributed by atoms with Crippen molar-refractivity contribution in [3.63, 3.8) is 0 Å². The van der Waals surface area contributed by atoms with Crippen molar-refractivity contribution in [2.24, 2.45) is 0 Å². The number of rotatable bonds is 10. The Kier molecular flexibility index (Phi) is 7.01. The third kappa shape index (κ3) is 5.40. The summed E-state index contributed by atoms with van der Waals surface area (Å²) in [7, 11) is 0. The van der Waals surface area contributed by atoms with Crippen LogP contribution >= 0.6 is 0 Å². The first-order valence-corrected chi connectivity index (χ1v) is 9.83. The van der Waals surface area contributed by atoms with Gasteiger partial charge < -0.3 is 14.7 Å². The molecule has 0 unspecified atom stereocenters. The molecule has 6 heteroatoms. The van der Waals surface area contributed by atoms with Crippen LogP contribution in [0.5, 0.6) is 5.75 Å². The second kappa shape index (κ2) is 9.67. The lowest BCUT2D eigenvalue weighted by atomic mass is 10.1. The standard InChI is InChI=1S/C21H29N3O3/c1-17-5-2-11-23(17)12-4-14-27-20-9-7-19(8-10-20)24-16-18(15-22-24)21(26)6-3-13-25/h7-10,15-17,25H,2-6,11-14H2,1H3/t17-/m1/s1. The zero-order valence-electron chi connectivity index (χ0n) is 16.0. The molecule has 6 nitrogen and oxygen atoms in total. The van der Waals surface area contributed by atoms with E-state index in [1.165, 1.54) is 19.4 Å². The Labute approximate surface area is 160 Å². The van der Waals surface area contributed by atoms with Crippen LogP contribution in [-0.2, 0) is 0 Å². The maximum atomic E-state index is 12.0. The van der Waals surface area contributed by atoms with Crippen LogP contribution in [0, 0.1) is 0 Å². The van der Waals surface area contributed by atoms with Crippen molar-refractivity contribution in [3.8, 4) is 11.4 Å². The number of likely N-dealkylation sites (tertiary alicyclic amines) is 1. The largest absolute Gasteiger partial charge is 0.494 e. The van der Waals surface area contributed by atoms with Crippen LogP contribution in [0.3, 0.4) is 0 Å². The number of hydrogen-bond acceptors (Lipinski definition) is 5. The van der Waals surface area contributed by atoms with Crippen LogP contribution in [0.2, 0.25) is 0 Å². The van der Waals surface area contributed by atoms with Gasteiger partial charge in [-0.2, -0.15) is 5.10 Å². The molecule has 0 saturated carbocycles. The topological polar surface area (TPSA) is 67.6 Å². The Morgan fingerprint density at radius 3 is 2.81 bits per heavy atom. The van der Waals surface area contributed by atoms with Gasteiger partial charge in [-0.1, -0.05) is 0 Å². The second-order valence-electron chi connectivity index (χ2n) is 7.15. The fraction of sp³-hybridized carbons (Fsp3) is 0.524. The number of benzene rings is 1. The molecule has 1 N–H and O–H groups in total. The van der Waals surface area contributed by atoms with Crippen molar-refractivity contribution in [3.05, 3.63) is 42.2 Å². The number of aromatic nitrogens is 2. The minimum absolute atomic E-state index is 0.00238. The van der Waals surface area contributed by atoms with Gasteiger partial charge in [0, 0.05) is 31.8 Å². The van der Waals surface area contributed by atoms with Gasteiger partial charge >= 0.3 is 0 Å². The van der Waals surface area contributed by atoms with Crippen molar-refractivity contribution in [1.29, 1.82) is 0 Å². The third-order valence-corrected chi connectivity index (χ3v) is 5.12. The monoisotopic (exact) mass is 371 g/mol. The molecule has 0 radical (unpaired) electrons. The molecule has 2 aromatic rings. The lowest BCUT2D eigenvalue weighted by Crippen LogP contribution is -2.28. The number of nitrogens with zero attached hydrogens (tertiary/aromatic N) is 3. The van der Waals surface area contributed by atoms with Crippen molar-refractivity contribution >= 4 is 5.78 Å². The summed E-state index contributed by atoms with van der Waals surface area (Å²) in [5, 5.41) is 13.1. The second-order valence-corrected chi connectivity index (χ2v) is 7.15. The van der Waals surface area contributed by atoms with E-state index in [-0.39, 0.29) is 12.4 Å². The number of carbonyl (C=O) groups is 1. The van der Waals surface area contributed by atoms with Crippen LogP contribution < -0.4 is 4.74 Å². The highest BCUT2D eigenvalue weighted by atomic mass is 16.5. The van der Waals surface area contributed by atoms with Gasteiger partial charge in [-0.05, 0) is 63.4 Å². The van der Waals surface area contributed by atoms with Crippen molar-refractivity contribution < 1.29 is 14.6 Å². The van der Waals surface area contributed by atoms with Crippen LogP contribution in [-0.4, -0.2) is 57.9 Å². The summed E-state index contributed by atoms with van der Waals surface area (Å²) in [5.41, 5.74) is 1.45. The van der Waals surface area contributed by atoms with Gasteiger partial charge in [0.2, 0.25) is 0 Å². The van der Waals surface area contributed by atoms with Gasteiger partial charge in [0.1, 0.15) is 5.75 Å². The Balaban J connectivity index is 1.47. The zero-order valence-corrected chi connectivity index (χ0v) is 16.0. The molecule has 1 aromatic heterocycles. The number of carbonyl (C=O) groups excluding carboxylic acids is 1. The molecule has 0 spiro atoms. The van der Waals surface area contributed by atoms with Gasteiger partial charge in [-0.15, -0.1) is 0 Å². The molecule has 27 heavy (non-hydrogen) atoms. The van der Waals surface area contributed by atoms with Gasteiger partial charge in [-0.25, -0.2) is 4.68 Å². The number of ketones is 1. The number of ether oxygens (including phenoxy) is 1. The van der Waals surface area contributed by atoms with E-state index in [0.717, 1.165) is 24.4 Å². The summed E-state index contributed by atoms with van der Waals surface area (Å²) in [6, 6.07) is 8.45. The van der Waals surface area contributed by atoms with Gasteiger partial charge in [0.15, 0.2) is 5.78 Å². The van der Waals surface area contributed by atoms with Crippen LogP contribution in [0.25, 0.3) is 5.69 Å². The molecule has 1 fully saturated rings. The molecule has 1 aromatic carbocycles.